The number of rotatable bonds is 4. The third-order valence-electron chi connectivity index (χ3n) is 4.96. The largest absolute Gasteiger partial charge is 0.394 e. The molecule has 2 N–H and O–H groups in total. The lowest BCUT2D eigenvalue weighted by atomic mass is 9.98. The summed E-state index contributed by atoms with van der Waals surface area (Å²) in [7, 11) is 0. The summed E-state index contributed by atoms with van der Waals surface area (Å²) < 4.78 is 0. The van der Waals surface area contributed by atoms with Gasteiger partial charge in [0.1, 0.15) is 0 Å². The van der Waals surface area contributed by atoms with Gasteiger partial charge in [0, 0.05) is 0 Å². The zero-order valence-corrected chi connectivity index (χ0v) is 12.6. The van der Waals surface area contributed by atoms with Gasteiger partial charge >= 0.3 is 0 Å². The molecule has 0 aromatic carbocycles. The molecule has 0 saturated heterocycles. The van der Waals surface area contributed by atoms with Gasteiger partial charge in [-0.15, -0.1) is 0 Å². The molecule has 0 radical (unpaired) electrons. The fourth-order valence-corrected chi connectivity index (χ4v) is 3.56. The van der Waals surface area contributed by atoms with Crippen LogP contribution in [0.3, 0.4) is 0 Å². The molecule has 2 unspecified atom stereocenters. The van der Waals surface area contributed by atoms with Gasteiger partial charge in [-0.1, -0.05) is 38.3 Å². The Balaban J connectivity index is 2.03. The van der Waals surface area contributed by atoms with Crippen molar-refractivity contribution in [3.63, 3.8) is 0 Å². The van der Waals surface area contributed by atoms with Crippen molar-refractivity contribution < 1.29 is 9.90 Å². The van der Waals surface area contributed by atoms with Gasteiger partial charge in [0.15, 0.2) is 0 Å². The topological polar surface area (TPSA) is 49.3 Å². The van der Waals surface area contributed by atoms with Gasteiger partial charge < -0.3 is 10.4 Å². The van der Waals surface area contributed by atoms with E-state index in [0.29, 0.717) is 5.92 Å². The van der Waals surface area contributed by atoms with Crippen molar-refractivity contribution in [1.29, 1.82) is 0 Å². The van der Waals surface area contributed by atoms with Gasteiger partial charge in [-0.2, -0.15) is 0 Å². The van der Waals surface area contributed by atoms with Crippen LogP contribution in [0.4, 0.5) is 0 Å². The molecule has 0 spiro atoms. The highest BCUT2D eigenvalue weighted by Gasteiger charge is 2.61. The highest BCUT2D eigenvalue weighted by Crippen LogP contribution is 2.59. The van der Waals surface area contributed by atoms with E-state index in [-0.39, 0.29) is 29.4 Å². The van der Waals surface area contributed by atoms with Crippen LogP contribution in [0.5, 0.6) is 0 Å². The molecule has 2 aliphatic carbocycles. The summed E-state index contributed by atoms with van der Waals surface area (Å²) in [4.78, 5) is 12.5. The van der Waals surface area contributed by atoms with Crippen LogP contribution in [0.15, 0.2) is 11.6 Å². The van der Waals surface area contributed by atoms with Crippen molar-refractivity contribution in [3.8, 4) is 0 Å². The summed E-state index contributed by atoms with van der Waals surface area (Å²) in [5.74, 6) is 0.532. The zero-order valence-electron chi connectivity index (χ0n) is 12.6. The van der Waals surface area contributed by atoms with Crippen molar-refractivity contribution in [2.45, 2.75) is 58.9 Å². The van der Waals surface area contributed by atoms with Crippen molar-refractivity contribution >= 4 is 5.91 Å². The molecular formula is C16H27NO2. The Hall–Kier alpha value is -0.830. The number of aliphatic hydroxyl groups excluding tert-OH is 1. The molecule has 2 atom stereocenters. The number of carbonyl (C=O) groups is 1. The molecule has 3 nitrogen and oxygen atoms in total. The maximum Gasteiger partial charge on any atom is 0.224 e. The summed E-state index contributed by atoms with van der Waals surface area (Å²) in [6.45, 7) is 8.54. The number of carbonyl (C=O) groups excluding carboxylic acids is 1. The molecule has 2 fully saturated rings. The van der Waals surface area contributed by atoms with Gasteiger partial charge in [0.05, 0.1) is 18.1 Å². The van der Waals surface area contributed by atoms with E-state index in [1.54, 1.807) is 0 Å². The predicted octanol–water partition coefficient (Wildman–Crippen LogP) is 2.65. The zero-order chi connectivity index (χ0) is 14.3. The summed E-state index contributed by atoms with van der Waals surface area (Å²) in [5, 5.41) is 12.7. The molecule has 2 saturated carbocycles. The Morgan fingerprint density at radius 1 is 1.32 bits per heavy atom. The van der Waals surface area contributed by atoms with E-state index in [0.717, 1.165) is 25.7 Å². The van der Waals surface area contributed by atoms with Gasteiger partial charge in [-0.05, 0) is 38.0 Å². The van der Waals surface area contributed by atoms with Crippen LogP contribution >= 0.6 is 0 Å². The first-order valence-electron chi connectivity index (χ1n) is 7.40. The van der Waals surface area contributed by atoms with Crippen molar-refractivity contribution in [2.24, 2.45) is 17.3 Å². The van der Waals surface area contributed by atoms with E-state index in [2.05, 4.69) is 39.1 Å². The van der Waals surface area contributed by atoms with E-state index < -0.39 is 0 Å². The molecule has 0 bridgehead atoms. The molecule has 19 heavy (non-hydrogen) atoms. The van der Waals surface area contributed by atoms with Gasteiger partial charge in [0.25, 0.3) is 0 Å². The van der Waals surface area contributed by atoms with Gasteiger partial charge in [0.2, 0.25) is 5.91 Å². The smallest absolute Gasteiger partial charge is 0.224 e. The Labute approximate surface area is 116 Å². The maximum atomic E-state index is 12.5. The lowest BCUT2D eigenvalue weighted by Gasteiger charge is -2.28. The lowest BCUT2D eigenvalue weighted by Crippen LogP contribution is -2.50. The summed E-state index contributed by atoms with van der Waals surface area (Å²) in [5.41, 5.74) is 0.980. The average Bonchev–Trinajstić information content (AvgIpc) is 2.70. The number of amides is 1. The molecule has 0 aromatic heterocycles. The van der Waals surface area contributed by atoms with Crippen LogP contribution in [-0.2, 0) is 4.79 Å². The first kappa shape index (κ1) is 14.6. The van der Waals surface area contributed by atoms with Crippen LogP contribution in [-0.4, -0.2) is 23.2 Å². The third kappa shape index (κ3) is 2.71. The normalized spacial score (nSPS) is 30.8. The molecular weight excluding hydrogens is 238 g/mol. The van der Waals surface area contributed by atoms with Crippen LogP contribution < -0.4 is 5.32 Å². The molecule has 0 aliphatic heterocycles. The third-order valence-corrected chi connectivity index (χ3v) is 4.96. The van der Waals surface area contributed by atoms with E-state index in [9.17, 15) is 9.90 Å². The number of aliphatic hydroxyl groups is 1. The van der Waals surface area contributed by atoms with E-state index in [4.69, 9.17) is 0 Å². The fourth-order valence-electron chi connectivity index (χ4n) is 3.56. The molecule has 3 heteroatoms. The Kier molecular flexibility index (Phi) is 3.78. The predicted molar refractivity (Wildman–Crippen MR) is 76.6 cm³/mol. The Morgan fingerprint density at radius 2 is 1.89 bits per heavy atom. The minimum absolute atomic E-state index is 0.0522. The highest BCUT2D eigenvalue weighted by atomic mass is 16.3. The monoisotopic (exact) mass is 265 g/mol. The standard InChI is InChI=1S/C16H27NO2/c1-11(2)9-12-13(15(12,3)4)14(19)17-16(10-18)7-5-6-8-16/h9,12-13,18H,5-8,10H2,1-4H3,(H,17,19). The lowest BCUT2D eigenvalue weighted by molar-refractivity contribution is -0.125. The minimum atomic E-state index is -0.342. The molecule has 2 aliphatic rings. The second kappa shape index (κ2) is 4.93. The van der Waals surface area contributed by atoms with Crippen LogP contribution in [0, 0.1) is 17.3 Å². The number of hydrogen-bond donors (Lipinski definition) is 2. The van der Waals surface area contributed by atoms with Gasteiger partial charge in [-0.3, -0.25) is 4.79 Å². The second-order valence-electron chi connectivity index (χ2n) is 7.20. The van der Waals surface area contributed by atoms with Crippen molar-refractivity contribution in [3.05, 3.63) is 11.6 Å². The highest BCUT2D eigenvalue weighted by molar-refractivity contribution is 5.84. The SMILES string of the molecule is CC(C)=CC1C(C(=O)NC2(CO)CCCC2)C1(C)C. The number of hydrogen-bond acceptors (Lipinski definition) is 2. The second-order valence-corrected chi connectivity index (χ2v) is 7.20. The van der Waals surface area contributed by atoms with Crippen molar-refractivity contribution in [2.75, 3.05) is 6.61 Å². The maximum absolute atomic E-state index is 12.5. The molecule has 108 valence electrons. The molecule has 1 amide bonds. The first-order chi connectivity index (χ1) is 8.82. The molecule has 0 heterocycles. The van der Waals surface area contributed by atoms with E-state index in [1.807, 2.05) is 0 Å². The van der Waals surface area contributed by atoms with Crippen LogP contribution in [0.25, 0.3) is 0 Å². The number of nitrogens with one attached hydrogen (secondary N) is 1. The average molecular weight is 265 g/mol. The fraction of sp³-hybridized carbons (Fsp3) is 0.812. The molecule has 2 rings (SSSR count). The number of allylic oxidation sites excluding steroid dienone is 2. The first-order valence-corrected chi connectivity index (χ1v) is 7.40. The Bertz CT molecular complexity index is 388. The minimum Gasteiger partial charge on any atom is -0.394 e. The summed E-state index contributed by atoms with van der Waals surface area (Å²) >= 11 is 0. The van der Waals surface area contributed by atoms with Gasteiger partial charge in [-0.25, -0.2) is 0 Å². The van der Waals surface area contributed by atoms with Crippen LogP contribution in [0.2, 0.25) is 0 Å². The van der Waals surface area contributed by atoms with Crippen molar-refractivity contribution in [1.82, 2.24) is 5.32 Å². The van der Waals surface area contributed by atoms with E-state index in [1.165, 1.54) is 5.57 Å². The summed E-state index contributed by atoms with van der Waals surface area (Å²) in [6, 6.07) is 0. The van der Waals surface area contributed by atoms with Crippen LogP contribution in [0.1, 0.15) is 53.4 Å². The Morgan fingerprint density at radius 3 is 2.37 bits per heavy atom. The molecule has 0 aromatic rings. The van der Waals surface area contributed by atoms with E-state index >= 15 is 0 Å². The summed E-state index contributed by atoms with van der Waals surface area (Å²) in [6.07, 6.45) is 6.24. The quantitative estimate of drug-likeness (QED) is 0.768.